The van der Waals surface area contributed by atoms with Gasteiger partial charge in [-0.3, -0.25) is 28.8 Å². The highest BCUT2D eigenvalue weighted by atomic mass is 35.5. The van der Waals surface area contributed by atoms with Gasteiger partial charge in [-0.15, -0.1) is 0 Å². The number of likely N-dealkylation sites (N-methyl/N-ethyl adjacent to an activating group) is 2. The summed E-state index contributed by atoms with van der Waals surface area (Å²) in [6.07, 6.45) is 1.42. The third-order valence-electron chi connectivity index (χ3n) is 13.3. The van der Waals surface area contributed by atoms with Crippen LogP contribution in [0.3, 0.4) is 0 Å². The molecule has 5 atom stereocenters. The third-order valence-corrected chi connectivity index (χ3v) is 13.8. The van der Waals surface area contributed by atoms with Crippen molar-refractivity contribution in [2.75, 3.05) is 48.8 Å². The summed E-state index contributed by atoms with van der Waals surface area (Å²) >= 11 is 12.8. The van der Waals surface area contributed by atoms with E-state index < -0.39 is 60.1 Å². The second-order valence-electron chi connectivity index (χ2n) is 19.3. The molecular weight excluding hydrogens is 970 g/mol. The van der Waals surface area contributed by atoms with Crippen molar-refractivity contribution >= 4 is 58.6 Å². The number of nitrogens with zero attached hydrogens (tertiary/aromatic N) is 7. The van der Waals surface area contributed by atoms with Crippen LogP contribution in [0.1, 0.15) is 55.6 Å². The number of rotatable bonds is 13. The number of nitrogens with one attached hydrogen (secondary N) is 2. The van der Waals surface area contributed by atoms with Crippen molar-refractivity contribution in [1.29, 1.82) is 0 Å². The smallest absolute Gasteiger partial charge is 0.245 e. The predicted molar refractivity (Wildman–Crippen MR) is 283 cm³/mol. The molecule has 73 heavy (non-hydrogen) atoms. The minimum absolute atomic E-state index is 0.0840. The first-order valence-electron chi connectivity index (χ1n) is 24.3. The van der Waals surface area contributed by atoms with E-state index in [2.05, 4.69) is 15.6 Å². The van der Waals surface area contributed by atoms with Gasteiger partial charge < -0.3 is 44.4 Å². The first-order valence-corrected chi connectivity index (χ1v) is 25.0. The zero-order chi connectivity index (χ0) is 53.1. The zero-order valence-electron chi connectivity index (χ0n) is 43.1. The highest BCUT2D eigenvalue weighted by Gasteiger charge is 2.37. The molecule has 0 unspecified atom stereocenters. The van der Waals surface area contributed by atoms with Gasteiger partial charge in [-0.1, -0.05) is 71.7 Å². The molecule has 18 heteroatoms. The maximum Gasteiger partial charge on any atom is 0.245 e. The van der Waals surface area contributed by atoms with Crippen LogP contribution in [0.4, 0.5) is 0 Å². The van der Waals surface area contributed by atoms with Gasteiger partial charge in [0.05, 0.1) is 37.3 Å². The van der Waals surface area contributed by atoms with Crippen LogP contribution < -0.4 is 15.4 Å². The molecule has 0 saturated carbocycles. The Balaban J connectivity index is 1.39. The molecule has 1 aromatic heterocycles. The first-order chi connectivity index (χ1) is 34.7. The van der Waals surface area contributed by atoms with Crippen molar-refractivity contribution in [2.24, 2.45) is 13.0 Å². The second kappa shape index (κ2) is 25.3. The lowest BCUT2D eigenvalue weighted by Gasteiger charge is -2.35. The molecule has 0 aliphatic carbocycles. The summed E-state index contributed by atoms with van der Waals surface area (Å²) < 4.78 is 8.54. The minimum atomic E-state index is -1.40. The Morgan fingerprint density at radius 1 is 0.781 bits per heavy atom. The van der Waals surface area contributed by atoms with E-state index >= 15 is 4.79 Å². The van der Waals surface area contributed by atoms with Gasteiger partial charge in [0, 0.05) is 87.9 Å². The van der Waals surface area contributed by atoms with E-state index in [-0.39, 0.29) is 50.6 Å². The number of imidazole rings is 1. The Morgan fingerprint density at radius 3 is 2.10 bits per heavy atom. The van der Waals surface area contributed by atoms with Crippen LogP contribution in [0, 0.1) is 5.92 Å². The third kappa shape index (κ3) is 14.9. The van der Waals surface area contributed by atoms with Crippen LogP contribution in [0.25, 0.3) is 11.3 Å². The number of aromatic nitrogens is 2. The number of benzene rings is 4. The number of ether oxygens (including phenoxy) is 1. The van der Waals surface area contributed by atoms with Gasteiger partial charge in [0.1, 0.15) is 29.4 Å². The molecule has 2 heterocycles. The average Bonchev–Trinajstić information content (AvgIpc) is 3.72. The Labute approximate surface area is 438 Å². The molecule has 6 amide bonds. The molecule has 1 fully saturated rings. The maximum atomic E-state index is 15.1. The van der Waals surface area contributed by atoms with Gasteiger partial charge in [0.25, 0.3) is 0 Å². The summed E-state index contributed by atoms with van der Waals surface area (Å²) in [7, 11) is 12.2. The van der Waals surface area contributed by atoms with Gasteiger partial charge in [-0.05, 0) is 100 Å². The Morgan fingerprint density at radius 2 is 1.44 bits per heavy atom. The zero-order valence-corrected chi connectivity index (χ0v) is 44.6. The first kappa shape index (κ1) is 55.6. The second-order valence-corrected chi connectivity index (χ2v) is 20.2. The number of amides is 6. The summed E-state index contributed by atoms with van der Waals surface area (Å²) in [5.41, 5.74) is 3.95. The molecule has 4 aromatic carbocycles. The number of carbonyl (C=O) groups excluding carboxylic acids is 6. The molecule has 1 saturated heterocycles. The molecule has 1 aliphatic rings. The van der Waals surface area contributed by atoms with Gasteiger partial charge in [0.2, 0.25) is 35.4 Å². The number of hydrogen-bond donors (Lipinski definition) is 2. The maximum absolute atomic E-state index is 15.1. The molecule has 2 N–H and O–H groups in total. The minimum Gasteiger partial charge on any atom is -0.457 e. The lowest BCUT2D eigenvalue weighted by Crippen LogP contribution is -2.57. The molecule has 6 rings (SSSR count). The van der Waals surface area contributed by atoms with E-state index in [1.807, 2.05) is 91.4 Å². The fraction of sp³-hybridized carbons (Fsp3) is 0.400. The fourth-order valence-corrected chi connectivity index (χ4v) is 8.95. The van der Waals surface area contributed by atoms with Gasteiger partial charge in [-0.2, -0.15) is 0 Å². The van der Waals surface area contributed by atoms with Crippen LogP contribution in [0.5, 0.6) is 11.5 Å². The molecular formula is C55H67Cl2N9O7. The van der Waals surface area contributed by atoms with Crippen molar-refractivity contribution in [1.82, 2.24) is 44.7 Å². The number of halogens is 2. The molecule has 5 aromatic rings. The lowest BCUT2D eigenvalue weighted by molar-refractivity contribution is -0.147. The van der Waals surface area contributed by atoms with E-state index in [0.717, 1.165) is 28.2 Å². The highest BCUT2D eigenvalue weighted by Crippen LogP contribution is 2.33. The van der Waals surface area contributed by atoms with E-state index in [1.165, 1.54) is 33.6 Å². The number of hydrogen-bond acceptors (Lipinski definition) is 9. The Hall–Kier alpha value is -6.75. The summed E-state index contributed by atoms with van der Waals surface area (Å²) in [6.45, 7) is 3.93. The number of carbonyl (C=O) groups is 6. The van der Waals surface area contributed by atoms with E-state index in [0.29, 0.717) is 33.7 Å². The van der Waals surface area contributed by atoms with E-state index in [4.69, 9.17) is 27.9 Å². The molecule has 16 nitrogen and oxygen atoms in total. The summed E-state index contributed by atoms with van der Waals surface area (Å²) in [4.78, 5) is 98.8. The molecule has 388 valence electrons. The van der Waals surface area contributed by atoms with E-state index in [1.54, 1.807) is 70.5 Å². The van der Waals surface area contributed by atoms with Crippen molar-refractivity contribution in [2.45, 2.75) is 83.2 Å². The molecule has 0 spiro atoms. The van der Waals surface area contributed by atoms with Crippen LogP contribution in [0.15, 0.2) is 103 Å². The monoisotopic (exact) mass is 1040 g/mol. The normalized spacial score (nSPS) is 19.9. The summed E-state index contributed by atoms with van der Waals surface area (Å²) in [5, 5.41) is 6.65. The van der Waals surface area contributed by atoms with Gasteiger partial charge >= 0.3 is 0 Å². The van der Waals surface area contributed by atoms with Crippen molar-refractivity contribution in [3.8, 4) is 22.8 Å². The van der Waals surface area contributed by atoms with Gasteiger partial charge in [-0.25, -0.2) is 4.98 Å². The highest BCUT2D eigenvalue weighted by molar-refractivity contribution is 6.31. The predicted octanol–water partition coefficient (Wildman–Crippen LogP) is 6.61. The van der Waals surface area contributed by atoms with Crippen LogP contribution >= 0.6 is 23.2 Å². The largest absolute Gasteiger partial charge is 0.457 e. The Bertz CT molecular complexity index is 2730. The van der Waals surface area contributed by atoms with E-state index in [9.17, 15) is 24.0 Å². The summed E-state index contributed by atoms with van der Waals surface area (Å²) in [6, 6.07) is 25.0. The average molecular weight is 1040 g/mol. The van der Waals surface area contributed by atoms with Crippen molar-refractivity contribution < 1.29 is 33.5 Å². The van der Waals surface area contributed by atoms with Gasteiger partial charge in [0.15, 0.2) is 0 Å². The SMILES string of the molecule is C[C@H]1CNC(=O)C[C@H](Cc2ccc(Cl)cc2)N(C)C(=O)[C@H](CC(=O)N(C)C)NC(=O)[C@H](C)N(Cc2ccc(Cl)cc2Oc2ccc(-c3cnc(CN(C)C)n3C)cc2)C(=O)C[C@@H](Cc2ccccc2)C(=O)N1C. The summed E-state index contributed by atoms with van der Waals surface area (Å²) in [5.74, 6) is -2.20. The van der Waals surface area contributed by atoms with Crippen molar-refractivity contribution in [3.05, 3.63) is 136 Å². The van der Waals surface area contributed by atoms with Crippen LogP contribution in [-0.4, -0.2) is 142 Å². The van der Waals surface area contributed by atoms with Crippen LogP contribution in [0.2, 0.25) is 10.0 Å². The quantitative estimate of drug-likeness (QED) is 0.132. The van der Waals surface area contributed by atoms with Crippen LogP contribution in [-0.2, 0) is 61.7 Å². The molecule has 1 aliphatic heterocycles. The topological polar surface area (TPSA) is 170 Å². The standard InChI is InChI=1S/C55H67Cl2N9O7/c1-35-31-59-50(67)29-44(26-38-15-20-42(56)21-16-38)64(8)55(72)46(30-51(68)62(5)6)60-53(70)36(2)66(52(69)27-41(54(71)63(35)7)25-37-13-11-10-12-14-37)33-40-17-22-43(57)28-48(40)73-45-23-18-39(19-24-45)47-32-58-49(65(47)9)34-61(3)4/h10-24,28,32,35-36,41,44,46H,25-27,29-31,33-34H2,1-9H3,(H,59,67)(H,60,70)/t35-,36-,41+,44-,46-/m0/s1. The van der Waals surface area contributed by atoms with Crippen molar-refractivity contribution in [3.63, 3.8) is 0 Å². The fourth-order valence-electron chi connectivity index (χ4n) is 8.66. The lowest BCUT2D eigenvalue weighted by atomic mass is 9.93. The molecule has 0 bridgehead atoms. The Kier molecular flexibility index (Phi) is 19.2. The molecule has 0 radical (unpaired) electrons.